The maximum Gasteiger partial charge on any atom is 0.235 e. The van der Waals surface area contributed by atoms with E-state index in [9.17, 15) is 13.2 Å². The minimum Gasteiger partial charge on any atom is -0.398 e. The number of carbonyl (C=O) groups excluding carboxylic acids is 1. The van der Waals surface area contributed by atoms with Crippen LogP contribution in [0.3, 0.4) is 0 Å². The van der Waals surface area contributed by atoms with Gasteiger partial charge in [-0.2, -0.15) is 0 Å². The van der Waals surface area contributed by atoms with Crippen LogP contribution in [0.25, 0.3) is 0 Å². The van der Waals surface area contributed by atoms with E-state index in [0.29, 0.717) is 17.8 Å². The number of hydrogen-bond donors (Lipinski definition) is 2. The number of halogens is 1. The van der Waals surface area contributed by atoms with Gasteiger partial charge in [0.15, 0.2) is 9.84 Å². The van der Waals surface area contributed by atoms with Crippen molar-refractivity contribution in [2.24, 2.45) is 0 Å². The first-order valence-corrected chi connectivity index (χ1v) is 7.55. The van der Waals surface area contributed by atoms with E-state index < -0.39 is 21.5 Å². The highest BCUT2D eigenvalue weighted by atomic mass is 35.5. The Morgan fingerprint density at radius 3 is 2.67 bits per heavy atom. The van der Waals surface area contributed by atoms with Gasteiger partial charge in [0.1, 0.15) is 5.75 Å². The van der Waals surface area contributed by atoms with E-state index in [1.54, 1.807) is 25.1 Å². The predicted octanol–water partition coefficient (Wildman–Crippen LogP) is 0.973. The monoisotopic (exact) mass is 290 g/mol. The molecule has 1 amide bonds. The van der Waals surface area contributed by atoms with Crippen molar-refractivity contribution in [2.75, 3.05) is 18.0 Å². The summed E-state index contributed by atoms with van der Waals surface area (Å²) < 4.78 is 23.6. The fraction of sp³-hybridized carbons (Fsp3) is 0.364. The van der Waals surface area contributed by atoms with E-state index in [1.807, 2.05) is 0 Å². The molecule has 1 rings (SSSR count). The Labute approximate surface area is 111 Å². The number of hydrogen-bond acceptors (Lipinski definition) is 4. The van der Waals surface area contributed by atoms with E-state index in [4.69, 9.17) is 17.3 Å². The lowest BCUT2D eigenvalue weighted by atomic mass is 10.2. The third-order valence-corrected chi connectivity index (χ3v) is 4.03. The lowest BCUT2D eigenvalue weighted by Gasteiger charge is -2.09. The first-order chi connectivity index (χ1) is 8.35. The van der Waals surface area contributed by atoms with Gasteiger partial charge in [-0.1, -0.05) is 17.7 Å². The van der Waals surface area contributed by atoms with Crippen molar-refractivity contribution in [3.8, 4) is 0 Å². The topological polar surface area (TPSA) is 89.3 Å². The van der Waals surface area contributed by atoms with Crippen LogP contribution in [0.2, 0.25) is 5.02 Å². The summed E-state index contributed by atoms with van der Waals surface area (Å²) in [4.78, 5) is 11.3. The first kappa shape index (κ1) is 14.8. The lowest BCUT2D eigenvalue weighted by molar-refractivity contribution is -0.118. The molecule has 0 bridgehead atoms. The Kier molecular flexibility index (Phi) is 4.98. The van der Waals surface area contributed by atoms with E-state index in [2.05, 4.69) is 5.32 Å². The second kappa shape index (κ2) is 6.06. The summed E-state index contributed by atoms with van der Waals surface area (Å²) in [5.74, 6) is -1.43. The lowest BCUT2D eigenvalue weighted by Crippen LogP contribution is -2.30. The molecule has 100 valence electrons. The van der Waals surface area contributed by atoms with Gasteiger partial charge in [0.25, 0.3) is 0 Å². The number of nitrogens with two attached hydrogens (primary N) is 1. The van der Waals surface area contributed by atoms with Gasteiger partial charge in [-0.3, -0.25) is 4.79 Å². The Morgan fingerprint density at radius 1 is 1.44 bits per heavy atom. The molecule has 0 atom stereocenters. The third-order valence-electron chi connectivity index (χ3n) is 2.24. The van der Waals surface area contributed by atoms with Gasteiger partial charge in [0.2, 0.25) is 5.91 Å². The van der Waals surface area contributed by atoms with Gasteiger partial charge in [-0.15, -0.1) is 0 Å². The first-order valence-electron chi connectivity index (χ1n) is 5.35. The molecule has 0 spiro atoms. The largest absolute Gasteiger partial charge is 0.398 e. The van der Waals surface area contributed by atoms with Gasteiger partial charge in [0.05, 0.1) is 5.75 Å². The van der Waals surface area contributed by atoms with E-state index >= 15 is 0 Å². The average molecular weight is 291 g/mol. The molecule has 0 aromatic heterocycles. The smallest absolute Gasteiger partial charge is 0.235 e. The summed E-state index contributed by atoms with van der Waals surface area (Å²) in [6, 6.07) is 4.77. The van der Waals surface area contributed by atoms with Crippen molar-refractivity contribution in [3.05, 3.63) is 28.8 Å². The van der Waals surface area contributed by atoms with Crippen LogP contribution in [0.5, 0.6) is 0 Å². The zero-order valence-corrected chi connectivity index (χ0v) is 11.5. The summed E-state index contributed by atoms with van der Waals surface area (Å²) in [7, 11) is -3.58. The molecule has 5 nitrogen and oxygen atoms in total. The molecule has 0 aliphatic rings. The summed E-state index contributed by atoms with van der Waals surface area (Å²) >= 11 is 5.89. The van der Waals surface area contributed by atoms with Crippen LogP contribution in [-0.4, -0.2) is 26.6 Å². The minimum absolute atomic E-state index is 0.287. The van der Waals surface area contributed by atoms with Crippen LogP contribution in [0.1, 0.15) is 12.5 Å². The standard InChI is InChI=1S/C11H15ClN2O3S/c1-2-14-11(15)7-18(16,17)6-8-9(12)4-3-5-10(8)13/h3-5H,2,6-7,13H2,1H3,(H,14,15). The van der Waals surface area contributed by atoms with Crippen LogP contribution >= 0.6 is 11.6 Å². The van der Waals surface area contributed by atoms with Crippen molar-refractivity contribution < 1.29 is 13.2 Å². The fourth-order valence-electron chi connectivity index (χ4n) is 1.45. The molecule has 0 unspecified atom stereocenters. The van der Waals surface area contributed by atoms with E-state index in [1.165, 1.54) is 0 Å². The molecule has 0 fully saturated rings. The second-order valence-corrected chi connectivity index (χ2v) is 6.27. The normalized spacial score (nSPS) is 11.2. The zero-order valence-electron chi connectivity index (χ0n) is 9.94. The minimum atomic E-state index is -3.58. The predicted molar refractivity (Wildman–Crippen MR) is 72.0 cm³/mol. The summed E-state index contributed by atoms with van der Waals surface area (Å²) in [5.41, 5.74) is 6.31. The van der Waals surface area contributed by atoms with Crippen molar-refractivity contribution in [1.29, 1.82) is 0 Å². The molecule has 0 aliphatic heterocycles. The van der Waals surface area contributed by atoms with Crippen LogP contribution in [-0.2, 0) is 20.4 Å². The van der Waals surface area contributed by atoms with Crippen molar-refractivity contribution in [3.63, 3.8) is 0 Å². The molecule has 1 aromatic carbocycles. The Bertz CT molecular complexity index is 523. The van der Waals surface area contributed by atoms with Gasteiger partial charge in [-0.05, 0) is 19.1 Å². The van der Waals surface area contributed by atoms with Crippen LogP contribution in [0, 0.1) is 0 Å². The van der Waals surface area contributed by atoms with E-state index in [0.717, 1.165) is 0 Å². The molecular formula is C11H15ClN2O3S. The molecule has 3 N–H and O–H groups in total. The van der Waals surface area contributed by atoms with Crippen molar-refractivity contribution in [2.45, 2.75) is 12.7 Å². The zero-order chi connectivity index (χ0) is 13.8. The average Bonchev–Trinajstić information content (AvgIpc) is 2.23. The number of anilines is 1. The molecule has 1 aromatic rings. The van der Waals surface area contributed by atoms with Crippen molar-refractivity contribution in [1.82, 2.24) is 5.32 Å². The summed E-state index contributed by atoms with van der Waals surface area (Å²) in [5, 5.41) is 2.72. The Morgan fingerprint density at radius 2 is 2.11 bits per heavy atom. The number of nitrogens with one attached hydrogen (secondary N) is 1. The molecule has 7 heteroatoms. The molecule has 0 heterocycles. The number of benzene rings is 1. The highest BCUT2D eigenvalue weighted by Gasteiger charge is 2.19. The number of rotatable bonds is 5. The second-order valence-electron chi connectivity index (χ2n) is 3.79. The van der Waals surface area contributed by atoms with Crippen LogP contribution < -0.4 is 11.1 Å². The maximum absolute atomic E-state index is 11.8. The molecule has 0 radical (unpaired) electrons. The van der Waals surface area contributed by atoms with E-state index in [-0.39, 0.29) is 10.8 Å². The number of sulfone groups is 1. The summed E-state index contributed by atoms with van der Waals surface area (Å²) in [6.45, 7) is 2.11. The highest BCUT2D eigenvalue weighted by molar-refractivity contribution is 7.91. The highest BCUT2D eigenvalue weighted by Crippen LogP contribution is 2.24. The Balaban J connectivity index is 2.86. The SMILES string of the molecule is CCNC(=O)CS(=O)(=O)Cc1c(N)cccc1Cl. The fourth-order valence-corrected chi connectivity index (χ4v) is 3.14. The number of carbonyl (C=O) groups is 1. The van der Waals surface area contributed by atoms with Gasteiger partial charge in [-0.25, -0.2) is 8.42 Å². The Hall–Kier alpha value is -1.27. The van der Waals surface area contributed by atoms with Crippen molar-refractivity contribution >= 4 is 33.0 Å². The third kappa shape index (κ3) is 4.19. The van der Waals surface area contributed by atoms with Crippen LogP contribution in [0.15, 0.2) is 18.2 Å². The number of nitrogen functional groups attached to an aromatic ring is 1. The molecule has 0 saturated carbocycles. The quantitative estimate of drug-likeness (QED) is 0.791. The molecular weight excluding hydrogens is 276 g/mol. The van der Waals surface area contributed by atoms with Gasteiger partial charge < -0.3 is 11.1 Å². The number of amides is 1. The maximum atomic E-state index is 11.8. The molecule has 0 saturated heterocycles. The van der Waals surface area contributed by atoms with Gasteiger partial charge >= 0.3 is 0 Å². The molecule has 0 aliphatic carbocycles. The van der Waals surface area contributed by atoms with Crippen LogP contribution in [0.4, 0.5) is 5.69 Å². The van der Waals surface area contributed by atoms with Gasteiger partial charge in [0, 0.05) is 22.8 Å². The molecule has 18 heavy (non-hydrogen) atoms. The summed E-state index contributed by atoms with van der Waals surface area (Å²) in [6.07, 6.45) is 0.